The average molecular weight is 376 g/mol. The fourth-order valence-electron chi connectivity index (χ4n) is 2.38. The minimum absolute atomic E-state index is 0.151. The van der Waals surface area contributed by atoms with Crippen LogP contribution >= 0.6 is 0 Å². The van der Waals surface area contributed by atoms with Gasteiger partial charge in [0, 0.05) is 11.7 Å². The van der Waals surface area contributed by atoms with Gasteiger partial charge in [-0.05, 0) is 63.6 Å². The van der Waals surface area contributed by atoms with Crippen LogP contribution in [0.25, 0.3) is 0 Å². The molecule has 0 heterocycles. The highest BCUT2D eigenvalue weighted by Gasteiger charge is 2.15. The van der Waals surface area contributed by atoms with E-state index in [4.69, 9.17) is 4.74 Å². The highest BCUT2D eigenvalue weighted by atomic mass is 32.2. The van der Waals surface area contributed by atoms with Gasteiger partial charge >= 0.3 is 0 Å². The van der Waals surface area contributed by atoms with E-state index in [0.29, 0.717) is 5.75 Å². The first kappa shape index (κ1) is 19.9. The van der Waals surface area contributed by atoms with Crippen LogP contribution in [-0.2, 0) is 14.8 Å². The van der Waals surface area contributed by atoms with Crippen LogP contribution in [0.15, 0.2) is 47.4 Å². The van der Waals surface area contributed by atoms with Gasteiger partial charge in [-0.1, -0.05) is 17.7 Å². The van der Waals surface area contributed by atoms with Crippen LogP contribution in [0.3, 0.4) is 0 Å². The van der Waals surface area contributed by atoms with Crippen LogP contribution in [0, 0.1) is 13.8 Å². The topological polar surface area (TPSA) is 84.5 Å². The molecular formula is C19H24N2O4S. The number of sulfonamides is 1. The summed E-state index contributed by atoms with van der Waals surface area (Å²) in [5.74, 6) is 0.138. The highest BCUT2D eigenvalue weighted by Crippen LogP contribution is 2.18. The molecule has 0 saturated heterocycles. The van der Waals surface area contributed by atoms with E-state index in [1.807, 2.05) is 32.0 Å². The normalized spacial score (nSPS) is 11.4. The zero-order chi connectivity index (χ0) is 19.3. The van der Waals surface area contributed by atoms with Gasteiger partial charge in [0.05, 0.1) is 4.90 Å². The van der Waals surface area contributed by atoms with E-state index in [2.05, 4.69) is 10.0 Å². The summed E-state index contributed by atoms with van der Waals surface area (Å²) < 4.78 is 32.1. The van der Waals surface area contributed by atoms with Crippen molar-refractivity contribution in [2.75, 3.05) is 11.9 Å². The molecule has 0 aliphatic carbocycles. The lowest BCUT2D eigenvalue weighted by molar-refractivity contribution is -0.118. The minimum atomic E-state index is -3.54. The van der Waals surface area contributed by atoms with E-state index in [9.17, 15) is 13.2 Å². The van der Waals surface area contributed by atoms with Crippen LogP contribution in [0.1, 0.15) is 25.0 Å². The fraction of sp³-hybridized carbons (Fsp3) is 0.316. The zero-order valence-electron chi connectivity index (χ0n) is 15.4. The quantitative estimate of drug-likeness (QED) is 0.778. The molecule has 2 aromatic carbocycles. The number of hydrogen-bond donors (Lipinski definition) is 2. The van der Waals surface area contributed by atoms with Gasteiger partial charge in [0.15, 0.2) is 6.61 Å². The third-order valence-corrected chi connectivity index (χ3v) is 5.23. The average Bonchev–Trinajstić information content (AvgIpc) is 2.55. The molecule has 2 N–H and O–H groups in total. The molecule has 0 unspecified atom stereocenters. The van der Waals surface area contributed by atoms with Gasteiger partial charge in [0.2, 0.25) is 10.0 Å². The van der Waals surface area contributed by atoms with Crippen molar-refractivity contribution in [3.63, 3.8) is 0 Å². The van der Waals surface area contributed by atoms with Gasteiger partial charge in [-0.3, -0.25) is 4.79 Å². The number of rotatable bonds is 7. The van der Waals surface area contributed by atoms with Crippen LogP contribution < -0.4 is 14.8 Å². The molecule has 0 radical (unpaired) electrons. The number of anilines is 1. The Balaban J connectivity index is 1.94. The largest absolute Gasteiger partial charge is 0.484 e. The third kappa shape index (κ3) is 5.57. The van der Waals surface area contributed by atoms with Gasteiger partial charge in [0.25, 0.3) is 5.91 Å². The molecule has 0 aromatic heterocycles. The van der Waals surface area contributed by atoms with E-state index < -0.39 is 10.0 Å². The molecule has 140 valence electrons. The highest BCUT2D eigenvalue weighted by molar-refractivity contribution is 7.89. The summed E-state index contributed by atoms with van der Waals surface area (Å²) in [5.41, 5.74) is 2.84. The van der Waals surface area contributed by atoms with Gasteiger partial charge < -0.3 is 10.1 Å². The Morgan fingerprint density at radius 3 is 2.31 bits per heavy atom. The first-order chi connectivity index (χ1) is 12.2. The molecular weight excluding hydrogens is 352 g/mol. The van der Waals surface area contributed by atoms with Crippen LogP contribution in [-0.4, -0.2) is 27.0 Å². The molecule has 0 aliphatic rings. The van der Waals surface area contributed by atoms with Crippen molar-refractivity contribution in [1.82, 2.24) is 4.72 Å². The summed E-state index contributed by atoms with van der Waals surface area (Å²) in [4.78, 5) is 12.2. The SMILES string of the molecule is Cc1ccc(NC(=O)COc2ccc(S(=O)(=O)NC(C)C)cc2)c(C)c1. The Morgan fingerprint density at radius 2 is 1.73 bits per heavy atom. The first-order valence-corrected chi connectivity index (χ1v) is 9.78. The zero-order valence-corrected chi connectivity index (χ0v) is 16.2. The Hall–Kier alpha value is -2.38. The maximum Gasteiger partial charge on any atom is 0.262 e. The van der Waals surface area contributed by atoms with Gasteiger partial charge in [-0.25, -0.2) is 13.1 Å². The number of ether oxygens (including phenoxy) is 1. The van der Waals surface area contributed by atoms with Crippen LogP contribution in [0.4, 0.5) is 5.69 Å². The van der Waals surface area contributed by atoms with Crippen molar-refractivity contribution < 1.29 is 17.9 Å². The van der Waals surface area contributed by atoms with Gasteiger partial charge in [-0.15, -0.1) is 0 Å². The first-order valence-electron chi connectivity index (χ1n) is 8.29. The Kier molecular flexibility index (Phi) is 6.39. The summed E-state index contributed by atoms with van der Waals surface area (Å²) in [5, 5.41) is 2.80. The van der Waals surface area contributed by atoms with Crippen LogP contribution in [0.2, 0.25) is 0 Å². The van der Waals surface area contributed by atoms with E-state index >= 15 is 0 Å². The number of benzene rings is 2. The van der Waals surface area contributed by atoms with E-state index in [0.717, 1.165) is 16.8 Å². The second-order valence-corrected chi connectivity index (χ2v) is 8.12. The molecule has 0 spiro atoms. The van der Waals surface area contributed by atoms with Crippen LogP contribution in [0.5, 0.6) is 5.75 Å². The lowest BCUT2D eigenvalue weighted by atomic mass is 10.1. The number of amides is 1. The van der Waals surface area contributed by atoms with E-state index in [-0.39, 0.29) is 23.5 Å². The second-order valence-electron chi connectivity index (χ2n) is 6.40. The molecule has 26 heavy (non-hydrogen) atoms. The summed E-state index contributed by atoms with van der Waals surface area (Å²) in [6.07, 6.45) is 0. The second kappa shape index (κ2) is 8.33. The number of hydrogen-bond acceptors (Lipinski definition) is 4. The molecule has 6 nitrogen and oxygen atoms in total. The van der Waals surface area contributed by atoms with Crippen molar-refractivity contribution in [2.45, 2.75) is 38.6 Å². The smallest absolute Gasteiger partial charge is 0.262 e. The predicted molar refractivity (Wildman–Crippen MR) is 102 cm³/mol. The van der Waals surface area contributed by atoms with Crippen molar-refractivity contribution in [2.24, 2.45) is 0 Å². The van der Waals surface area contributed by atoms with Gasteiger partial charge in [0.1, 0.15) is 5.75 Å². The lowest BCUT2D eigenvalue weighted by Gasteiger charge is -2.11. The Bertz CT molecular complexity index is 875. The Morgan fingerprint density at radius 1 is 1.08 bits per heavy atom. The molecule has 0 bridgehead atoms. The minimum Gasteiger partial charge on any atom is -0.484 e. The Labute approximate surface area is 154 Å². The van der Waals surface area contributed by atoms with Crippen molar-refractivity contribution in [3.05, 3.63) is 53.6 Å². The lowest BCUT2D eigenvalue weighted by Crippen LogP contribution is -2.30. The van der Waals surface area contributed by atoms with E-state index in [1.165, 1.54) is 24.3 Å². The molecule has 0 aliphatic heterocycles. The molecule has 0 saturated carbocycles. The summed E-state index contributed by atoms with van der Waals surface area (Å²) in [6, 6.07) is 11.5. The van der Waals surface area contributed by atoms with E-state index in [1.54, 1.807) is 13.8 Å². The van der Waals surface area contributed by atoms with Crippen molar-refractivity contribution in [1.29, 1.82) is 0 Å². The summed E-state index contributed by atoms with van der Waals surface area (Å²) in [7, 11) is -3.54. The maximum absolute atomic E-state index is 12.1. The molecule has 1 amide bonds. The fourth-order valence-corrected chi connectivity index (χ4v) is 3.63. The number of aryl methyl sites for hydroxylation is 2. The predicted octanol–water partition coefficient (Wildman–Crippen LogP) is 3.01. The van der Waals surface area contributed by atoms with Gasteiger partial charge in [-0.2, -0.15) is 0 Å². The van der Waals surface area contributed by atoms with Crippen molar-refractivity contribution in [3.8, 4) is 5.75 Å². The molecule has 2 aromatic rings. The molecule has 7 heteroatoms. The molecule has 0 fully saturated rings. The monoisotopic (exact) mass is 376 g/mol. The third-order valence-electron chi connectivity index (χ3n) is 3.55. The standard InChI is InChI=1S/C19H24N2O4S/c1-13(2)21-26(23,24)17-8-6-16(7-9-17)25-12-19(22)20-18-10-5-14(3)11-15(18)4/h5-11,13,21H,12H2,1-4H3,(H,20,22). The number of nitrogens with one attached hydrogen (secondary N) is 2. The maximum atomic E-state index is 12.1. The van der Waals surface area contributed by atoms with Crippen molar-refractivity contribution >= 4 is 21.6 Å². The molecule has 0 atom stereocenters. The number of carbonyl (C=O) groups excluding carboxylic acids is 1. The molecule has 2 rings (SSSR count). The number of carbonyl (C=O) groups is 1. The summed E-state index contributed by atoms with van der Waals surface area (Å²) >= 11 is 0. The summed E-state index contributed by atoms with van der Waals surface area (Å²) in [6.45, 7) is 7.26.